The third-order valence-electron chi connectivity index (χ3n) is 4.57. The van der Waals surface area contributed by atoms with Crippen molar-refractivity contribution in [1.82, 2.24) is 0 Å². The molecule has 0 saturated heterocycles. The Kier molecular flexibility index (Phi) is 6.87. The summed E-state index contributed by atoms with van der Waals surface area (Å²) in [4.78, 5) is 12.5. The van der Waals surface area contributed by atoms with Crippen LogP contribution in [0.1, 0.15) is 18.1 Å². The molecule has 1 amide bonds. The van der Waals surface area contributed by atoms with Crippen molar-refractivity contribution in [2.45, 2.75) is 31.8 Å². The van der Waals surface area contributed by atoms with E-state index in [1.165, 1.54) is 24.3 Å². The van der Waals surface area contributed by atoms with Crippen molar-refractivity contribution in [3.05, 3.63) is 82.9 Å². The van der Waals surface area contributed by atoms with Gasteiger partial charge >= 0.3 is 0 Å². The van der Waals surface area contributed by atoms with Crippen LogP contribution in [0, 0.1) is 13.8 Å². The maximum absolute atomic E-state index is 12.7. The second kappa shape index (κ2) is 9.41. The third kappa shape index (κ3) is 5.99. The second-order valence-electron chi connectivity index (χ2n) is 7.15. The average Bonchev–Trinajstić information content (AvgIpc) is 2.72. The molecule has 162 valence electrons. The lowest BCUT2D eigenvalue weighted by Crippen LogP contribution is -2.30. The third-order valence-corrected chi connectivity index (χ3v) is 6.20. The molecule has 6 nitrogen and oxygen atoms in total. The predicted octanol–water partition coefficient (Wildman–Crippen LogP) is 5.16. The van der Waals surface area contributed by atoms with Gasteiger partial charge in [0.25, 0.3) is 15.9 Å². The highest BCUT2D eigenvalue weighted by Gasteiger charge is 2.18. The van der Waals surface area contributed by atoms with E-state index in [-0.39, 0.29) is 10.8 Å². The van der Waals surface area contributed by atoms with Crippen molar-refractivity contribution in [2.75, 3.05) is 10.0 Å². The molecule has 0 aliphatic heterocycles. The minimum absolute atomic E-state index is 0.0943. The first-order valence-electron chi connectivity index (χ1n) is 9.57. The van der Waals surface area contributed by atoms with Gasteiger partial charge in [0.15, 0.2) is 6.10 Å². The van der Waals surface area contributed by atoms with Crippen LogP contribution in [0.4, 0.5) is 11.4 Å². The number of ether oxygens (including phenoxy) is 1. The summed E-state index contributed by atoms with van der Waals surface area (Å²) >= 11 is 5.84. The number of carbonyl (C=O) groups is 1. The Morgan fingerprint density at radius 2 is 1.61 bits per heavy atom. The van der Waals surface area contributed by atoms with Gasteiger partial charge in [-0.3, -0.25) is 9.52 Å². The Labute approximate surface area is 187 Å². The number of hydrogen-bond acceptors (Lipinski definition) is 4. The Balaban J connectivity index is 1.65. The second-order valence-corrected chi connectivity index (χ2v) is 9.27. The lowest BCUT2D eigenvalue weighted by atomic mass is 10.1. The van der Waals surface area contributed by atoms with Gasteiger partial charge in [-0.1, -0.05) is 23.7 Å². The number of carbonyl (C=O) groups excluding carboxylic acids is 1. The van der Waals surface area contributed by atoms with Gasteiger partial charge in [-0.25, -0.2) is 8.42 Å². The monoisotopic (exact) mass is 458 g/mol. The van der Waals surface area contributed by atoms with Gasteiger partial charge < -0.3 is 10.1 Å². The van der Waals surface area contributed by atoms with Crippen molar-refractivity contribution < 1.29 is 17.9 Å². The van der Waals surface area contributed by atoms with Crippen LogP contribution in [0.15, 0.2) is 71.6 Å². The number of anilines is 2. The van der Waals surface area contributed by atoms with Crippen LogP contribution in [0.2, 0.25) is 5.02 Å². The number of nitrogens with one attached hydrogen (secondary N) is 2. The molecule has 0 saturated carbocycles. The molecule has 0 bridgehead atoms. The lowest BCUT2D eigenvalue weighted by Gasteiger charge is -2.15. The summed E-state index contributed by atoms with van der Waals surface area (Å²) in [5.74, 6) is 0.157. The summed E-state index contributed by atoms with van der Waals surface area (Å²) in [5, 5.41) is 3.29. The van der Waals surface area contributed by atoms with Gasteiger partial charge in [0, 0.05) is 10.7 Å². The molecular formula is C23H23ClN2O4S. The van der Waals surface area contributed by atoms with Crippen LogP contribution in [0.25, 0.3) is 0 Å². The summed E-state index contributed by atoms with van der Waals surface area (Å²) in [5.41, 5.74) is 2.77. The van der Waals surface area contributed by atoms with Crippen molar-refractivity contribution in [1.29, 1.82) is 0 Å². The molecule has 31 heavy (non-hydrogen) atoms. The van der Waals surface area contributed by atoms with Crippen LogP contribution in [0.5, 0.6) is 5.75 Å². The first-order valence-corrected chi connectivity index (χ1v) is 11.4. The summed E-state index contributed by atoms with van der Waals surface area (Å²) in [6.45, 7) is 5.35. The van der Waals surface area contributed by atoms with Crippen LogP contribution in [-0.4, -0.2) is 20.4 Å². The number of benzene rings is 3. The molecule has 0 radical (unpaired) electrons. The Hall–Kier alpha value is -3.03. The molecule has 0 aliphatic carbocycles. The minimum Gasteiger partial charge on any atom is -0.481 e. The van der Waals surface area contributed by atoms with Gasteiger partial charge in [0.1, 0.15) is 5.75 Å². The van der Waals surface area contributed by atoms with Crippen molar-refractivity contribution in [3.8, 4) is 5.75 Å². The van der Waals surface area contributed by atoms with Gasteiger partial charge in [-0.05, 0) is 86.5 Å². The number of amides is 1. The Morgan fingerprint density at radius 3 is 2.26 bits per heavy atom. The van der Waals surface area contributed by atoms with Crippen LogP contribution in [-0.2, 0) is 14.8 Å². The summed E-state index contributed by atoms with van der Waals surface area (Å²) in [6.07, 6.45) is -0.754. The van der Waals surface area contributed by atoms with E-state index in [2.05, 4.69) is 10.0 Å². The Morgan fingerprint density at radius 1 is 0.968 bits per heavy atom. The van der Waals surface area contributed by atoms with E-state index >= 15 is 0 Å². The fraction of sp³-hybridized carbons (Fsp3) is 0.174. The van der Waals surface area contributed by atoms with Crippen LogP contribution in [0.3, 0.4) is 0 Å². The molecule has 0 aliphatic rings. The predicted molar refractivity (Wildman–Crippen MR) is 123 cm³/mol. The molecule has 0 unspecified atom stereocenters. The van der Waals surface area contributed by atoms with Crippen molar-refractivity contribution in [3.63, 3.8) is 0 Å². The highest BCUT2D eigenvalue weighted by molar-refractivity contribution is 7.92. The van der Waals surface area contributed by atoms with E-state index < -0.39 is 16.1 Å². The van der Waals surface area contributed by atoms with Gasteiger partial charge in [-0.2, -0.15) is 0 Å². The maximum atomic E-state index is 12.7. The van der Waals surface area contributed by atoms with E-state index in [0.29, 0.717) is 22.1 Å². The number of sulfonamides is 1. The first kappa shape index (κ1) is 22.7. The molecule has 8 heteroatoms. The van der Waals surface area contributed by atoms with E-state index in [9.17, 15) is 13.2 Å². The summed E-state index contributed by atoms with van der Waals surface area (Å²) in [7, 11) is -3.76. The molecule has 1 atom stereocenters. The number of halogens is 1. The molecule has 0 aromatic heterocycles. The fourth-order valence-electron chi connectivity index (χ4n) is 2.78. The molecule has 2 N–H and O–H groups in total. The first-order chi connectivity index (χ1) is 14.6. The highest BCUT2D eigenvalue weighted by Crippen LogP contribution is 2.22. The SMILES string of the molecule is Cc1ccc(C)c(NS(=O)(=O)c2ccc(NC(=O)[C@@H](C)Oc3ccc(Cl)cc3)cc2)c1. The van der Waals surface area contributed by atoms with E-state index in [4.69, 9.17) is 16.3 Å². The van der Waals surface area contributed by atoms with Crippen LogP contribution >= 0.6 is 11.6 Å². The van der Waals surface area contributed by atoms with Gasteiger partial charge in [0.2, 0.25) is 0 Å². The number of rotatable bonds is 7. The summed E-state index contributed by atoms with van der Waals surface area (Å²) in [6, 6.07) is 18.2. The summed E-state index contributed by atoms with van der Waals surface area (Å²) < 4.78 is 33.6. The molecule has 0 spiro atoms. The largest absolute Gasteiger partial charge is 0.481 e. The quantitative estimate of drug-likeness (QED) is 0.512. The zero-order valence-electron chi connectivity index (χ0n) is 17.3. The molecule has 0 heterocycles. The maximum Gasteiger partial charge on any atom is 0.265 e. The molecule has 3 rings (SSSR count). The van der Waals surface area contributed by atoms with E-state index in [1.807, 2.05) is 26.0 Å². The van der Waals surface area contributed by atoms with E-state index in [1.54, 1.807) is 37.3 Å². The zero-order chi connectivity index (χ0) is 22.6. The fourth-order valence-corrected chi connectivity index (χ4v) is 4.03. The normalized spacial score (nSPS) is 12.1. The van der Waals surface area contributed by atoms with E-state index in [0.717, 1.165) is 11.1 Å². The van der Waals surface area contributed by atoms with Gasteiger partial charge in [-0.15, -0.1) is 0 Å². The molecule has 3 aromatic rings. The number of hydrogen-bond donors (Lipinski definition) is 2. The number of aryl methyl sites for hydroxylation is 2. The van der Waals surface area contributed by atoms with Crippen LogP contribution < -0.4 is 14.8 Å². The molecular weight excluding hydrogens is 436 g/mol. The van der Waals surface area contributed by atoms with Gasteiger partial charge in [0.05, 0.1) is 10.6 Å². The Bertz CT molecular complexity index is 1180. The van der Waals surface area contributed by atoms with Crippen molar-refractivity contribution >= 4 is 38.9 Å². The highest BCUT2D eigenvalue weighted by atomic mass is 35.5. The lowest BCUT2D eigenvalue weighted by molar-refractivity contribution is -0.122. The topological polar surface area (TPSA) is 84.5 Å². The minimum atomic E-state index is -3.76. The smallest absolute Gasteiger partial charge is 0.265 e. The molecule has 0 fully saturated rings. The zero-order valence-corrected chi connectivity index (χ0v) is 18.9. The standard InChI is InChI=1S/C23H23ClN2O4S/c1-15-4-5-16(2)22(14-15)26-31(28,29)21-12-8-19(9-13-21)25-23(27)17(3)30-20-10-6-18(24)7-11-20/h4-14,17,26H,1-3H3,(H,25,27)/t17-/m1/s1. The van der Waals surface area contributed by atoms with Crippen molar-refractivity contribution in [2.24, 2.45) is 0 Å². The molecule has 3 aromatic carbocycles. The average molecular weight is 459 g/mol.